The average molecular weight is 224 g/mol. The number of carbonyl (C=O) groups is 1. The van der Waals surface area contributed by atoms with Crippen molar-refractivity contribution in [1.82, 2.24) is 20.2 Å². The smallest absolute Gasteiger partial charge is 0.236 e. The molecule has 16 heavy (non-hydrogen) atoms. The van der Waals surface area contributed by atoms with Gasteiger partial charge in [-0.3, -0.25) is 4.79 Å². The molecule has 5 heteroatoms. The van der Waals surface area contributed by atoms with E-state index in [4.69, 9.17) is 0 Å². The number of nitrogens with zero attached hydrogens (tertiary/aromatic N) is 2. The van der Waals surface area contributed by atoms with Crippen molar-refractivity contribution in [3.05, 3.63) is 18.2 Å². The topological polar surface area (TPSA) is 59.0 Å². The van der Waals surface area contributed by atoms with E-state index < -0.39 is 0 Å². The van der Waals surface area contributed by atoms with E-state index in [-0.39, 0.29) is 11.9 Å². The second-order valence-electron chi connectivity index (χ2n) is 3.80. The molecule has 0 fully saturated rings. The van der Waals surface area contributed by atoms with Crippen molar-refractivity contribution in [2.45, 2.75) is 39.4 Å². The molecule has 0 radical (unpaired) electrons. The number of aromatic nitrogens is 2. The molecule has 2 N–H and O–H groups in total. The van der Waals surface area contributed by atoms with Crippen molar-refractivity contribution in [3.63, 3.8) is 0 Å². The number of carbonyl (C=O) groups excluding carboxylic acids is 1. The highest BCUT2D eigenvalue weighted by molar-refractivity contribution is 5.80. The van der Waals surface area contributed by atoms with Gasteiger partial charge in [0, 0.05) is 26.3 Å². The molecule has 0 saturated heterocycles. The zero-order valence-electron chi connectivity index (χ0n) is 10.2. The van der Waals surface area contributed by atoms with Crippen LogP contribution in [0.1, 0.15) is 26.0 Å². The molecular formula is C11H20N4O. The summed E-state index contributed by atoms with van der Waals surface area (Å²) in [5, 5.41) is 5.77. The highest BCUT2D eigenvalue weighted by atomic mass is 16.2. The Morgan fingerprint density at radius 3 is 3.00 bits per heavy atom. The van der Waals surface area contributed by atoms with E-state index in [1.165, 1.54) is 0 Å². The Hall–Kier alpha value is -1.36. The molecule has 1 atom stereocenters. The van der Waals surface area contributed by atoms with Crippen molar-refractivity contribution < 1.29 is 4.79 Å². The summed E-state index contributed by atoms with van der Waals surface area (Å²) in [7, 11) is 1.64. The molecule has 1 rings (SSSR count). The zero-order chi connectivity index (χ0) is 12.0. The van der Waals surface area contributed by atoms with E-state index in [9.17, 15) is 4.79 Å². The van der Waals surface area contributed by atoms with Gasteiger partial charge in [0.25, 0.3) is 0 Å². The van der Waals surface area contributed by atoms with E-state index >= 15 is 0 Å². The second kappa shape index (κ2) is 6.27. The second-order valence-corrected chi connectivity index (χ2v) is 3.80. The van der Waals surface area contributed by atoms with Crippen LogP contribution in [0.3, 0.4) is 0 Å². The molecule has 5 nitrogen and oxygen atoms in total. The van der Waals surface area contributed by atoms with Crippen molar-refractivity contribution in [1.29, 1.82) is 0 Å². The monoisotopic (exact) mass is 224 g/mol. The molecule has 0 spiro atoms. The maximum Gasteiger partial charge on any atom is 0.236 e. The minimum atomic E-state index is -0.185. The van der Waals surface area contributed by atoms with Crippen LogP contribution in [0.5, 0.6) is 0 Å². The number of hydrogen-bond donors (Lipinski definition) is 2. The molecule has 0 aliphatic rings. The average Bonchev–Trinajstić information content (AvgIpc) is 2.73. The Kier molecular flexibility index (Phi) is 4.98. The fourth-order valence-corrected chi connectivity index (χ4v) is 1.50. The summed E-state index contributed by atoms with van der Waals surface area (Å²) >= 11 is 0. The van der Waals surface area contributed by atoms with Gasteiger partial charge in [0.1, 0.15) is 0 Å². The van der Waals surface area contributed by atoms with Crippen LogP contribution < -0.4 is 10.6 Å². The number of likely N-dealkylation sites (N-methyl/N-ethyl adjacent to an activating group) is 1. The number of nitrogens with one attached hydrogen (secondary N) is 2. The Bertz CT molecular complexity index is 334. The summed E-state index contributed by atoms with van der Waals surface area (Å²) < 4.78 is 2.10. The van der Waals surface area contributed by atoms with Gasteiger partial charge in [-0.25, -0.2) is 4.98 Å². The van der Waals surface area contributed by atoms with Gasteiger partial charge >= 0.3 is 0 Å². The third-order valence-electron chi connectivity index (χ3n) is 2.49. The van der Waals surface area contributed by atoms with Crippen molar-refractivity contribution in [2.24, 2.45) is 0 Å². The maximum absolute atomic E-state index is 11.3. The van der Waals surface area contributed by atoms with Gasteiger partial charge in [-0.15, -0.1) is 0 Å². The first kappa shape index (κ1) is 12.7. The Morgan fingerprint density at radius 1 is 1.62 bits per heavy atom. The molecule has 0 bridgehead atoms. The predicted octanol–water partition coefficient (Wildman–Crippen LogP) is 0.517. The number of imidazole rings is 1. The number of amides is 1. The van der Waals surface area contributed by atoms with Gasteiger partial charge in [0.2, 0.25) is 5.91 Å². The molecule has 1 amide bonds. The minimum absolute atomic E-state index is 0.00144. The number of hydrogen-bond acceptors (Lipinski definition) is 3. The lowest BCUT2D eigenvalue weighted by Crippen LogP contribution is -2.40. The highest BCUT2D eigenvalue weighted by Gasteiger charge is 2.10. The van der Waals surface area contributed by atoms with Crippen LogP contribution in [-0.2, 0) is 17.9 Å². The minimum Gasteiger partial charge on any atom is -0.358 e. The normalized spacial score (nSPS) is 12.4. The molecule has 1 heterocycles. The van der Waals surface area contributed by atoms with Crippen molar-refractivity contribution in [3.8, 4) is 0 Å². The lowest BCUT2D eigenvalue weighted by Gasteiger charge is -2.13. The summed E-state index contributed by atoms with van der Waals surface area (Å²) in [5.41, 5.74) is 1.11. The molecule has 0 saturated carbocycles. The van der Waals surface area contributed by atoms with Crippen LogP contribution in [0, 0.1) is 0 Å². The molecule has 1 aromatic heterocycles. The first-order chi connectivity index (χ1) is 7.69. The van der Waals surface area contributed by atoms with Crippen LogP contribution >= 0.6 is 0 Å². The maximum atomic E-state index is 11.3. The molecule has 0 aromatic carbocycles. The van der Waals surface area contributed by atoms with Gasteiger partial charge in [0.05, 0.1) is 18.1 Å². The lowest BCUT2D eigenvalue weighted by molar-refractivity contribution is -0.122. The first-order valence-electron chi connectivity index (χ1n) is 5.63. The largest absolute Gasteiger partial charge is 0.358 e. The van der Waals surface area contributed by atoms with E-state index in [0.29, 0.717) is 6.54 Å². The van der Waals surface area contributed by atoms with E-state index in [0.717, 1.165) is 18.7 Å². The Morgan fingerprint density at radius 2 is 2.38 bits per heavy atom. The van der Waals surface area contributed by atoms with E-state index in [1.807, 2.05) is 19.4 Å². The van der Waals surface area contributed by atoms with Crippen LogP contribution in [0.15, 0.2) is 12.5 Å². The van der Waals surface area contributed by atoms with Crippen LogP contribution in [0.2, 0.25) is 0 Å². The van der Waals surface area contributed by atoms with E-state index in [2.05, 4.69) is 27.1 Å². The molecule has 90 valence electrons. The van der Waals surface area contributed by atoms with Crippen molar-refractivity contribution >= 4 is 5.91 Å². The number of rotatable bonds is 6. The van der Waals surface area contributed by atoms with Gasteiger partial charge in [-0.1, -0.05) is 6.92 Å². The van der Waals surface area contributed by atoms with Crippen LogP contribution in [0.4, 0.5) is 0 Å². The standard InChI is InChI=1S/C11H20N4O/c1-4-5-15-8-13-6-10(15)7-14-9(2)11(16)12-3/h6,8-9,14H,4-5,7H2,1-3H3,(H,12,16). The number of aryl methyl sites for hydroxylation is 1. The molecule has 0 aliphatic heterocycles. The quantitative estimate of drug-likeness (QED) is 0.740. The zero-order valence-corrected chi connectivity index (χ0v) is 10.2. The Balaban J connectivity index is 2.47. The summed E-state index contributed by atoms with van der Waals surface area (Å²) in [5.74, 6) is 0.00144. The Labute approximate surface area is 96.3 Å². The predicted molar refractivity (Wildman–Crippen MR) is 62.9 cm³/mol. The molecule has 0 aliphatic carbocycles. The first-order valence-corrected chi connectivity index (χ1v) is 5.63. The summed E-state index contributed by atoms with van der Waals surface area (Å²) in [6.07, 6.45) is 4.73. The van der Waals surface area contributed by atoms with Gasteiger partial charge < -0.3 is 15.2 Å². The fourth-order valence-electron chi connectivity index (χ4n) is 1.50. The van der Waals surface area contributed by atoms with Gasteiger partial charge in [-0.2, -0.15) is 0 Å². The van der Waals surface area contributed by atoms with Gasteiger partial charge in [0.15, 0.2) is 0 Å². The summed E-state index contributed by atoms with van der Waals surface area (Å²) in [6.45, 7) is 5.60. The van der Waals surface area contributed by atoms with Crippen molar-refractivity contribution in [2.75, 3.05) is 7.05 Å². The molecule has 1 unspecified atom stereocenters. The highest BCUT2D eigenvalue weighted by Crippen LogP contribution is 2.00. The molecule has 1 aromatic rings. The van der Waals surface area contributed by atoms with Crippen LogP contribution in [-0.4, -0.2) is 28.5 Å². The lowest BCUT2D eigenvalue weighted by atomic mass is 10.3. The third-order valence-corrected chi connectivity index (χ3v) is 2.49. The summed E-state index contributed by atoms with van der Waals surface area (Å²) in [6, 6.07) is -0.185. The molecular weight excluding hydrogens is 204 g/mol. The van der Waals surface area contributed by atoms with Gasteiger partial charge in [-0.05, 0) is 13.3 Å². The van der Waals surface area contributed by atoms with E-state index in [1.54, 1.807) is 7.05 Å². The SMILES string of the molecule is CCCn1cncc1CNC(C)C(=O)NC. The third kappa shape index (κ3) is 3.34. The summed E-state index contributed by atoms with van der Waals surface area (Å²) in [4.78, 5) is 15.4. The van der Waals surface area contributed by atoms with Crippen LogP contribution in [0.25, 0.3) is 0 Å². The fraction of sp³-hybridized carbons (Fsp3) is 0.636.